The van der Waals surface area contributed by atoms with Crippen molar-refractivity contribution in [2.24, 2.45) is 0 Å². The van der Waals surface area contributed by atoms with E-state index >= 15 is 0 Å². The monoisotopic (exact) mass is 494 g/mol. The number of rotatable bonds is 11. The van der Waals surface area contributed by atoms with Gasteiger partial charge < -0.3 is 25.0 Å². The molecule has 3 rings (SSSR count). The van der Waals surface area contributed by atoms with E-state index in [9.17, 15) is 29.1 Å². The molecule has 1 aromatic rings. The molecule has 0 saturated carbocycles. The van der Waals surface area contributed by atoms with Gasteiger partial charge in [-0.1, -0.05) is 30.3 Å². The second kappa shape index (κ2) is 11.4. The third-order valence-corrected chi connectivity index (χ3v) is 6.72. The number of aliphatic carboxylic acids is 1. The van der Waals surface area contributed by atoms with E-state index in [2.05, 4.69) is 5.32 Å². The summed E-state index contributed by atoms with van der Waals surface area (Å²) in [7, 11) is 0. The quantitative estimate of drug-likeness (QED) is 0.275. The molecule has 184 valence electrons. The molecule has 0 radical (unpaired) electrons. The number of hydrogen-bond donors (Lipinski definition) is 3. The van der Waals surface area contributed by atoms with E-state index in [0.717, 1.165) is 22.2 Å². The van der Waals surface area contributed by atoms with Crippen molar-refractivity contribution in [1.29, 1.82) is 0 Å². The van der Waals surface area contributed by atoms with E-state index in [-0.39, 0.29) is 30.7 Å². The van der Waals surface area contributed by atoms with E-state index in [0.29, 0.717) is 12.8 Å². The molecule has 2 aliphatic heterocycles. The lowest BCUT2D eigenvalue weighted by Crippen LogP contribution is -2.73. The first-order chi connectivity index (χ1) is 16.2. The van der Waals surface area contributed by atoms with Gasteiger partial charge in [-0.25, -0.2) is 4.79 Å². The third-order valence-electron chi connectivity index (χ3n) is 5.42. The Labute approximate surface area is 199 Å². The van der Waals surface area contributed by atoms with Crippen LogP contribution in [0.2, 0.25) is 0 Å². The van der Waals surface area contributed by atoms with Gasteiger partial charge in [0, 0.05) is 6.92 Å². The largest absolute Gasteiger partial charge is 0.478 e. The number of hydrogen-bond acceptors (Lipinski definition) is 9. The Balaban J connectivity index is 1.58. The number of thioether (sulfide) groups is 1. The third kappa shape index (κ3) is 6.33. The van der Waals surface area contributed by atoms with Crippen molar-refractivity contribution >= 4 is 41.3 Å². The van der Waals surface area contributed by atoms with Crippen molar-refractivity contribution in [2.75, 3.05) is 12.4 Å². The van der Waals surface area contributed by atoms with Gasteiger partial charge in [0.2, 0.25) is 12.1 Å². The zero-order valence-electron chi connectivity index (χ0n) is 18.4. The van der Waals surface area contributed by atoms with Crippen molar-refractivity contribution in [3.8, 4) is 0 Å². The van der Waals surface area contributed by atoms with Crippen LogP contribution in [0.15, 0.2) is 30.3 Å². The Kier molecular flexibility index (Phi) is 8.64. The lowest BCUT2D eigenvalue weighted by atomic mass is 10.1. The lowest BCUT2D eigenvalue weighted by molar-refractivity contribution is -0.178. The maximum atomic E-state index is 12.6. The van der Waals surface area contributed by atoms with Crippen molar-refractivity contribution in [2.45, 2.75) is 56.0 Å². The zero-order valence-corrected chi connectivity index (χ0v) is 19.2. The number of β-lactam (4-membered cyclic amide) rings is 1. The molecule has 11 nitrogen and oxygen atoms in total. The molecule has 0 spiro atoms. The van der Waals surface area contributed by atoms with Crippen LogP contribution in [-0.4, -0.2) is 86.9 Å². The average Bonchev–Trinajstić information content (AvgIpc) is 3.28. The van der Waals surface area contributed by atoms with Crippen LogP contribution in [0.1, 0.15) is 25.3 Å². The molecule has 5 atom stereocenters. The van der Waals surface area contributed by atoms with Crippen molar-refractivity contribution in [3.63, 3.8) is 0 Å². The molecule has 2 aliphatic rings. The first kappa shape index (κ1) is 25.7. The molecule has 2 fully saturated rings. The standard InChI is InChI=1S/C22H26N2O9S/c1-12(25)32-10-14-7-8-16(33-14)15(26)11-34-21-18(19(28)24(21)20(29)22(30)31)23-17(27)9-13-5-3-2-4-6-13/h2-6,14,16,18,20-21,29H,7-11H2,1H3,(H,23,27)(H,30,31)/t14?,16?,18-,20?,21-/m1/s1. The summed E-state index contributed by atoms with van der Waals surface area (Å²) in [5.41, 5.74) is 0.732. The lowest BCUT2D eigenvalue weighted by Gasteiger charge is -2.47. The Morgan fingerprint density at radius 3 is 2.59 bits per heavy atom. The first-order valence-corrected chi connectivity index (χ1v) is 11.7. The highest BCUT2D eigenvalue weighted by Gasteiger charge is 2.53. The maximum Gasteiger partial charge on any atom is 0.354 e. The summed E-state index contributed by atoms with van der Waals surface area (Å²) in [5, 5.41) is 20.7. The highest BCUT2D eigenvalue weighted by atomic mass is 32.2. The Morgan fingerprint density at radius 1 is 1.24 bits per heavy atom. The number of carbonyl (C=O) groups excluding carboxylic acids is 4. The number of carboxylic acid groups (broad SMARTS) is 1. The fourth-order valence-electron chi connectivity index (χ4n) is 3.72. The van der Waals surface area contributed by atoms with Crippen molar-refractivity contribution in [1.82, 2.24) is 10.2 Å². The number of carboxylic acids is 1. The average molecular weight is 495 g/mol. The van der Waals surface area contributed by atoms with Gasteiger partial charge in [-0.2, -0.15) is 0 Å². The molecular weight excluding hydrogens is 468 g/mol. The van der Waals surface area contributed by atoms with Gasteiger partial charge >= 0.3 is 11.9 Å². The van der Waals surface area contributed by atoms with E-state index in [4.69, 9.17) is 14.6 Å². The molecule has 2 amide bonds. The molecule has 0 aromatic heterocycles. The highest BCUT2D eigenvalue weighted by Crippen LogP contribution is 2.33. The van der Waals surface area contributed by atoms with E-state index in [1.165, 1.54) is 6.92 Å². The minimum atomic E-state index is -2.10. The molecule has 34 heavy (non-hydrogen) atoms. The first-order valence-electron chi connectivity index (χ1n) is 10.7. The minimum absolute atomic E-state index is 0.0159. The zero-order chi connectivity index (χ0) is 24.8. The number of esters is 1. The van der Waals surface area contributed by atoms with E-state index in [1.54, 1.807) is 30.3 Å². The van der Waals surface area contributed by atoms with E-state index in [1.807, 2.05) is 0 Å². The Bertz CT molecular complexity index is 942. The fraction of sp³-hybridized carbons (Fsp3) is 0.500. The summed E-state index contributed by atoms with van der Waals surface area (Å²) in [6.45, 7) is 1.33. The second-order valence-electron chi connectivity index (χ2n) is 7.96. The molecule has 1 aromatic carbocycles. The molecule has 2 saturated heterocycles. The van der Waals surface area contributed by atoms with Gasteiger partial charge in [-0.3, -0.25) is 24.1 Å². The summed E-state index contributed by atoms with van der Waals surface area (Å²) in [5.74, 6) is -3.67. The van der Waals surface area contributed by atoms with Crippen LogP contribution < -0.4 is 5.32 Å². The molecular formula is C22H26N2O9S. The SMILES string of the molecule is CC(=O)OCC1CCC(C(=O)CS[C@@H]2[C@H](NC(=O)Cc3ccccc3)C(=O)N2C(O)C(=O)O)O1. The summed E-state index contributed by atoms with van der Waals surface area (Å²) < 4.78 is 10.5. The number of ketones is 1. The number of carbonyl (C=O) groups is 5. The summed E-state index contributed by atoms with van der Waals surface area (Å²) in [6, 6.07) is 7.78. The van der Waals surface area contributed by atoms with Crippen molar-refractivity contribution in [3.05, 3.63) is 35.9 Å². The van der Waals surface area contributed by atoms with Crippen LogP contribution in [0.5, 0.6) is 0 Å². The van der Waals surface area contributed by atoms with Crippen molar-refractivity contribution < 1.29 is 43.7 Å². The van der Waals surface area contributed by atoms with Gasteiger partial charge in [0.1, 0.15) is 24.1 Å². The molecule has 0 bridgehead atoms. The topological polar surface area (TPSA) is 160 Å². The van der Waals surface area contributed by atoms with Gasteiger partial charge in [0.05, 0.1) is 18.3 Å². The molecule has 0 aliphatic carbocycles. The van der Waals surface area contributed by atoms with Crippen LogP contribution >= 0.6 is 11.8 Å². The van der Waals surface area contributed by atoms with Gasteiger partial charge in [-0.05, 0) is 18.4 Å². The minimum Gasteiger partial charge on any atom is -0.478 e. The van der Waals surface area contributed by atoms with E-state index < -0.39 is 47.5 Å². The van der Waals surface area contributed by atoms with Gasteiger partial charge in [-0.15, -0.1) is 11.8 Å². The van der Waals surface area contributed by atoms with Crippen LogP contribution in [0.4, 0.5) is 0 Å². The number of aliphatic hydroxyl groups is 1. The summed E-state index contributed by atoms with van der Waals surface area (Å²) in [6.07, 6.45) is -2.21. The Morgan fingerprint density at radius 2 is 1.94 bits per heavy atom. The number of Topliss-reactive ketones (excluding diaryl/α,β-unsaturated/α-hetero) is 1. The molecule has 2 heterocycles. The molecule has 3 N–H and O–H groups in total. The Hall–Kier alpha value is -2.96. The van der Waals surface area contributed by atoms with Crippen LogP contribution in [-0.2, 0) is 39.9 Å². The highest BCUT2D eigenvalue weighted by molar-refractivity contribution is 8.00. The van der Waals surface area contributed by atoms with Gasteiger partial charge in [0.25, 0.3) is 5.91 Å². The number of amides is 2. The van der Waals surface area contributed by atoms with Crippen LogP contribution in [0.3, 0.4) is 0 Å². The number of nitrogens with one attached hydrogen (secondary N) is 1. The number of benzene rings is 1. The van der Waals surface area contributed by atoms with Crippen LogP contribution in [0, 0.1) is 0 Å². The maximum absolute atomic E-state index is 12.6. The van der Waals surface area contributed by atoms with Gasteiger partial charge in [0.15, 0.2) is 5.78 Å². The summed E-state index contributed by atoms with van der Waals surface area (Å²) >= 11 is 0.944. The number of aliphatic hydroxyl groups excluding tert-OH is 1. The second-order valence-corrected chi connectivity index (χ2v) is 9.06. The molecule has 3 unspecified atom stereocenters. The number of likely N-dealkylation sites (tertiary alicyclic amines) is 1. The predicted octanol–water partition coefficient (Wildman–Crippen LogP) is -0.302. The summed E-state index contributed by atoms with van der Waals surface area (Å²) in [4.78, 5) is 60.4. The number of ether oxygens (including phenoxy) is 2. The predicted molar refractivity (Wildman–Crippen MR) is 118 cm³/mol. The molecule has 12 heteroatoms. The fourth-order valence-corrected chi connectivity index (χ4v) is 4.99. The number of nitrogens with zero attached hydrogens (tertiary/aromatic N) is 1. The van der Waals surface area contributed by atoms with Crippen LogP contribution in [0.25, 0.3) is 0 Å². The normalized spacial score (nSPS) is 24.8. The smallest absolute Gasteiger partial charge is 0.354 e.